The molecule has 0 spiro atoms. The Morgan fingerprint density at radius 3 is 2.88 bits per heavy atom. The predicted molar refractivity (Wildman–Crippen MR) is 96.6 cm³/mol. The molecule has 6 heteroatoms. The van der Waals surface area contributed by atoms with Crippen LogP contribution in [0.25, 0.3) is 6.08 Å². The normalized spacial score (nSPS) is 17.8. The molecule has 1 atom stereocenters. The van der Waals surface area contributed by atoms with Gasteiger partial charge in [0.05, 0.1) is 18.2 Å². The zero-order valence-electron chi connectivity index (χ0n) is 14.4. The number of likely N-dealkylation sites (tertiary alicyclic amines) is 1. The molecule has 0 saturated carbocycles. The molecule has 1 aliphatic rings. The SMILES string of the molecule is COc1cc(/C=C/C(=O)N2CCCC2CN)cc(Cl)c1OC(C)C. The van der Waals surface area contributed by atoms with Gasteiger partial charge in [-0.15, -0.1) is 0 Å². The fourth-order valence-corrected chi connectivity index (χ4v) is 3.08. The van der Waals surface area contributed by atoms with Gasteiger partial charge < -0.3 is 20.1 Å². The summed E-state index contributed by atoms with van der Waals surface area (Å²) in [7, 11) is 1.56. The van der Waals surface area contributed by atoms with E-state index in [2.05, 4.69) is 0 Å². The van der Waals surface area contributed by atoms with Crippen LogP contribution in [0.4, 0.5) is 0 Å². The average molecular weight is 353 g/mol. The van der Waals surface area contributed by atoms with E-state index < -0.39 is 0 Å². The van der Waals surface area contributed by atoms with Gasteiger partial charge in [-0.2, -0.15) is 0 Å². The lowest BCUT2D eigenvalue weighted by molar-refractivity contribution is -0.126. The van der Waals surface area contributed by atoms with Crippen LogP contribution in [0.3, 0.4) is 0 Å². The number of rotatable bonds is 6. The summed E-state index contributed by atoms with van der Waals surface area (Å²) < 4.78 is 11.0. The molecule has 1 aromatic carbocycles. The van der Waals surface area contributed by atoms with E-state index in [0.29, 0.717) is 23.1 Å². The summed E-state index contributed by atoms with van der Waals surface area (Å²) in [6, 6.07) is 3.70. The minimum absolute atomic E-state index is 0.0114. The Hall–Kier alpha value is -1.72. The number of methoxy groups -OCH3 is 1. The lowest BCUT2D eigenvalue weighted by atomic mass is 10.1. The summed E-state index contributed by atoms with van der Waals surface area (Å²) in [4.78, 5) is 14.2. The van der Waals surface area contributed by atoms with Crippen LogP contribution < -0.4 is 15.2 Å². The number of carbonyl (C=O) groups excluding carboxylic acids is 1. The van der Waals surface area contributed by atoms with Crippen LogP contribution in [-0.2, 0) is 4.79 Å². The van der Waals surface area contributed by atoms with Crippen molar-refractivity contribution >= 4 is 23.6 Å². The number of nitrogens with two attached hydrogens (primary N) is 1. The van der Waals surface area contributed by atoms with Crippen molar-refractivity contribution in [3.63, 3.8) is 0 Å². The van der Waals surface area contributed by atoms with Crippen molar-refractivity contribution in [1.82, 2.24) is 4.90 Å². The number of halogens is 1. The number of benzene rings is 1. The smallest absolute Gasteiger partial charge is 0.246 e. The number of hydrogen-bond donors (Lipinski definition) is 1. The highest BCUT2D eigenvalue weighted by atomic mass is 35.5. The van der Waals surface area contributed by atoms with E-state index in [1.807, 2.05) is 18.7 Å². The summed E-state index contributed by atoms with van der Waals surface area (Å²) in [5.41, 5.74) is 6.50. The molecular weight excluding hydrogens is 328 g/mol. The zero-order chi connectivity index (χ0) is 17.7. The van der Waals surface area contributed by atoms with Gasteiger partial charge in [-0.05, 0) is 50.5 Å². The van der Waals surface area contributed by atoms with Crippen LogP contribution in [0.5, 0.6) is 11.5 Å². The van der Waals surface area contributed by atoms with E-state index >= 15 is 0 Å². The first-order valence-corrected chi connectivity index (χ1v) is 8.57. The van der Waals surface area contributed by atoms with Crippen molar-refractivity contribution in [2.75, 3.05) is 20.2 Å². The third-order valence-corrected chi connectivity index (χ3v) is 4.24. The molecule has 0 radical (unpaired) electrons. The fraction of sp³-hybridized carbons (Fsp3) is 0.500. The zero-order valence-corrected chi connectivity index (χ0v) is 15.2. The van der Waals surface area contributed by atoms with Crippen molar-refractivity contribution in [2.24, 2.45) is 5.73 Å². The van der Waals surface area contributed by atoms with Crippen LogP contribution in [0.2, 0.25) is 5.02 Å². The third kappa shape index (κ3) is 4.42. The molecule has 1 amide bonds. The van der Waals surface area contributed by atoms with Crippen molar-refractivity contribution in [1.29, 1.82) is 0 Å². The Labute approximate surface area is 148 Å². The topological polar surface area (TPSA) is 64.8 Å². The van der Waals surface area contributed by atoms with Gasteiger partial charge in [-0.25, -0.2) is 0 Å². The number of amides is 1. The van der Waals surface area contributed by atoms with Gasteiger partial charge in [0, 0.05) is 25.2 Å². The number of carbonyl (C=O) groups is 1. The molecule has 5 nitrogen and oxygen atoms in total. The third-order valence-electron chi connectivity index (χ3n) is 3.96. The molecule has 1 aromatic rings. The number of hydrogen-bond acceptors (Lipinski definition) is 4. The van der Waals surface area contributed by atoms with Crippen molar-refractivity contribution in [2.45, 2.75) is 38.8 Å². The molecule has 24 heavy (non-hydrogen) atoms. The molecule has 132 valence electrons. The lowest BCUT2D eigenvalue weighted by Crippen LogP contribution is -2.38. The van der Waals surface area contributed by atoms with E-state index in [4.69, 9.17) is 26.8 Å². The summed E-state index contributed by atoms with van der Waals surface area (Å²) in [5, 5.41) is 0.455. The van der Waals surface area contributed by atoms with Crippen molar-refractivity contribution in [3.05, 3.63) is 28.8 Å². The molecule has 0 aliphatic carbocycles. The Kier molecular flexibility index (Phi) is 6.52. The minimum atomic E-state index is -0.0273. The van der Waals surface area contributed by atoms with Gasteiger partial charge in [-0.3, -0.25) is 4.79 Å². The van der Waals surface area contributed by atoms with Crippen LogP contribution >= 0.6 is 11.6 Å². The Bertz CT molecular complexity index is 617. The monoisotopic (exact) mass is 352 g/mol. The highest BCUT2D eigenvalue weighted by Crippen LogP contribution is 2.37. The maximum Gasteiger partial charge on any atom is 0.246 e. The first-order valence-electron chi connectivity index (χ1n) is 8.19. The Morgan fingerprint density at radius 2 is 2.25 bits per heavy atom. The molecular formula is C18H25ClN2O3. The molecule has 1 saturated heterocycles. The van der Waals surface area contributed by atoms with Crippen LogP contribution in [-0.4, -0.2) is 43.2 Å². The number of ether oxygens (including phenoxy) is 2. The second-order valence-corrected chi connectivity index (χ2v) is 6.50. The summed E-state index contributed by atoms with van der Waals surface area (Å²) in [5.74, 6) is 1.03. The summed E-state index contributed by atoms with van der Waals surface area (Å²) in [6.07, 6.45) is 5.26. The van der Waals surface area contributed by atoms with E-state index in [1.165, 1.54) is 0 Å². The van der Waals surface area contributed by atoms with Crippen molar-refractivity contribution < 1.29 is 14.3 Å². The molecule has 1 fully saturated rings. The highest BCUT2D eigenvalue weighted by Gasteiger charge is 2.25. The largest absolute Gasteiger partial charge is 0.493 e. The van der Waals surface area contributed by atoms with Gasteiger partial charge in [0.2, 0.25) is 5.91 Å². The molecule has 2 rings (SSSR count). The van der Waals surface area contributed by atoms with Gasteiger partial charge in [0.25, 0.3) is 0 Å². The van der Waals surface area contributed by atoms with Gasteiger partial charge in [-0.1, -0.05) is 11.6 Å². The summed E-state index contributed by atoms with van der Waals surface area (Å²) in [6.45, 7) is 5.11. The van der Waals surface area contributed by atoms with Gasteiger partial charge in [0.15, 0.2) is 11.5 Å². The fourth-order valence-electron chi connectivity index (χ4n) is 2.82. The van der Waals surface area contributed by atoms with Crippen LogP contribution in [0.15, 0.2) is 18.2 Å². The van der Waals surface area contributed by atoms with Gasteiger partial charge >= 0.3 is 0 Å². The second-order valence-electron chi connectivity index (χ2n) is 6.10. The lowest BCUT2D eigenvalue weighted by Gasteiger charge is -2.21. The average Bonchev–Trinajstić information content (AvgIpc) is 3.03. The van der Waals surface area contributed by atoms with Gasteiger partial charge in [0.1, 0.15) is 0 Å². The Balaban J connectivity index is 2.17. The van der Waals surface area contributed by atoms with E-state index in [-0.39, 0.29) is 18.1 Å². The van der Waals surface area contributed by atoms with Crippen molar-refractivity contribution in [3.8, 4) is 11.5 Å². The minimum Gasteiger partial charge on any atom is -0.493 e. The maximum absolute atomic E-state index is 12.3. The van der Waals surface area contributed by atoms with E-state index in [1.54, 1.807) is 31.4 Å². The molecule has 1 heterocycles. The second kappa shape index (κ2) is 8.40. The first kappa shape index (κ1) is 18.6. The van der Waals surface area contributed by atoms with Crippen LogP contribution in [0.1, 0.15) is 32.3 Å². The highest BCUT2D eigenvalue weighted by molar-refractivity contribution is 6.32. The number of nitrogens with zero attached hydrogens (tertiary/aromatic N) is 1. The molecule has 0 aromatic heterocycles. The van der Waals surface area contributed by atoms with E-state index in [9.17, 15) is 4.79 Å². The first-order chi connectivity index (χ1) is 11.5. The predicted octanol–water partition coefficient (Wildman–Crippen LogP) is 3.10. The standard InChI is InChI=1S/C18H25ClN2O3/c1-12(2)24-18-15(19)9-13(10-16(18)23-3)6-7-17(22)21-8-4-5-14(21)11-20/h6-7,9-10,12,14H,4-5,8,11,20H2,1-3H3/b7-6+. The molecule has 1 aliphatic heterocycles. The van der Waals surface area contributed by atoms with Crippen LogP contribution in [0, 0.1) is 0 Å². The maximum atomic E-state index is 12.3. The molecule has 2 N–H and O–H groups in total. The summed E-state index contributed by atoms with van der Waals surface area (Å²) >= 11 is 6.29. The Morgan fingerprint density at radius 1 is 1.50 bits per heavy atom. The van der Waals surface area contributed by atoms with E-state index in [0.717, 1.165) is 24.9 Å². The quantitative estimate of drug-likeness (QED) is 0.799. The molecule has 0 bridgehead atoms. The molecule has 1 unspecified atom stereocenters.